The monoisotopic (exact) mass is 353 g/mol. The van der Waals surface area contributed by atoms with Crippen LogP contribution >= 0.6 is 0 Å². The van der Waals surface area contributed by atoms with Crippen LogP contribution in [-0.4, -0.2) is 66.6 Å². The van der Waals surface area contributed by atoms with Crippen LogP contribution in [0, 0.1) is 11.8 Å². The standard InChI is InChI=1S/C23H35N3/c1-21(2)26-18-16-25(17-19-26)20-23-11-9-22(10-12-23)8-4-7-15-24-13-5-3-6-14-24/h9-12,21H,3,5-7,13-20H2,1-2H3. The summed E-state index contributed by atoms with van der Waals surface area (Å²) in [5.41, 5.74) is 2.55. The Bertz CT molecular complexity index is 582. The summed E-state index contributed by atoms with van der Waals surface area (Å²) in [5.74, 6) is 6.69. The van der Waals surface area contributed by atoms with Gasteiger partial charge in [0.15, 0.2) is 0 Å². The van der Waals surface area contributed by atoms with Crippen LogP contribution in [0.25, 0.3) is 0 Å². The summed E-state index contributed by atoms with van der Waals surface area (Å²) in [5, 5.41) is 0. The number of piperidine rings is 1. The van der Waals surface area contributed by atoms with Crippen molar-refractivity contribution >= 4 is 0 Å². The minimum absolute atomic E-state index is 0.671. The Balaban J connectivity index is 1.40. The molecule has 0 aromatic heterocycles. The van der Waals surface area contributed by atoms with Gasteiger partial charge in [-0.1, -0.05) is 30.4 Å². The zero-order valence-corrected chi connectivity index (χ0v) is 16.7. The van der Waals surface area contributed by atoms with E-state index in [1.807, 2.05) is 0 Å². The lowest BCUT2D eigenvalue weighted by Gasteiger charge is -2.36. The Hall–Kier alpha value is -1.34. The first kappa shape index (κ1) is 19.4. The van der Waals surface area contributed by atoms with E-state index in [-0.39, 0.29) is 0 Å². The number of benzene rings is 1. The first-order valence-electron chi connectivity index (χ1n) is 10.5. The Morgan fingerprint density at radius 3 is 2.19 bits per heavy atom. The fourth-order valence-corrected chi connectivity index (χ4v) is 3.95. The van der Waals surface area contributed by atoms with Crippen molar-refractivity contribution in [2.75, 3.05) is 45.8 Å². The molecule has 0 N–H and O–H groups in total. The quantitative estimate of drug-likeness (QED) is 0.751. The zero-order valence-electron chi connectivity index (χ0n) is 16.7. The molecule has 3 rings (SSSR count). The summed E-state index contributed by atoms with van der Waals surface area (Å²) in [6.07, 6.45) is 5.12. The van der Waals surface area contributed by atoms with Crippen molar-refractivity contribution in [2.45, 2.75) is 52.1 Å². The predicted octanol–water partition coefficient (Wildman–Crippen LogP) is 3.44. The van der Waals surface area contributed by atoms with Gasteiger partial charge < -0.3 is 4.90 Å². The average molecular weight is 354 g/mol. The lowest BCUT2D eigenvalue weighted by molar-refractivity contribution is 0.104. The van der Waals surface area contributed by atoms with Gasteiger partial charge in [0.2, 0.25) is 0 Å². The van der Waals surface area contributed by atoms with Crippen LogP contribution in [0.3, 0.4) is 0 Å². The van der Waals surface area contributed by atoms with E-state index in [1.165, 1.54) is 64.1 Å². The molecule has 2 heterocycles. The topological polar surface area (TPSA) is 9.72 Å². The molecule has 26 heavy (non-hydrogen) atoms. The van der Waals surface area contributed by atoms with Crippen LogP contribution in [0.5, 0.6) is 0 Å². The summed E-state index contributed by atoms with van der Waals surface area (Å²) < 4.78 is 0. The Labute approximate surface area is 160 Å². The van der Waals surface area contributed by atoms with Gasteiger partial charge in [0, 0.05) is 57.3 Å². The van der Waals surface area contributed by atoms with Crippen molar-refractivity contribution in [1.82, 2.24) is 14.7 Å². The molecule has 142 valence electrons. The second-order valence-corrected chi connectivity index (χ2v) is 8.06. The van der Waals surface area contributed by atoms with Crippen molar-refractivity contribution in [3.8, 4) is 11.8 Å². The average Bonchev–Trinajstić information content (AvgIpc) is 2.68. The van der Waals surface area contributed by atoms with Gasteiger partial charge in [-0.3, -0.25) is 9.80 Å². The van der Waals surface area contributed by atoms with Gasteiger partial charge in [-0.25, -0.2) is 0 Å². The van der Waals surface area contributed by atoms with Crippen molar-refractivity contribution in [1.29, 1.82) is 0 Å². The Kier molecular flexibility index (Phi) is 7.55. The normalized spacial score (nSPS) is 20.1. The SMILES string of the molecule is CC(C)N1CCN(Cc2ccc(C#CCCN3CCCCC3)cc2)CC1. The minimum atomic E-state index is 0.671. The highest BCUT2D eigenvalue weighted by Gasteiger charge is 2.18. The van der Waals surface area contributed by atoms with E-state index in [4.69, 9.17) is 0 Å². The van der Waals surface area contributed by atoms with Gasteiger partial charge >= 0.3 is 0 Å². The molecule has 1 aromatic carbocycles. The number of nitrogens with zero attached hydrogens (tertiary/aromatic N) is 3. The van der Waals surface area contributed by atoms with Gasteiger partial charge in [-0.2, -0.15) is 0 Å². The second kappa shape index (κ2) is 10.1. The van der Waals surface area contributed by atoms with E-state index in [0.29, 0.717) is 6.04 Å². The Morgan fingerprint density at radius 2 is 1.54 bits per heavy atom. The lowest BCUT2D eigenvalue weighted by Crippen LogP contribution is -2.48. The van der Waals surface area contributed by atoms with Gasteiger partial charge in [-0.05, 0) is 57.5 Å². The van der Waals surface area contributed by atoms with E-state index in [9.17, 15) is 0 Å². The summed E-state index contributed by atoms with van der Waals surface area (Å²) in [7, 11) is 0. The third kappa shape index (κ3) is 6.13. The van der Waals surface area contributed by atoms with Crippen molar-refractivity contribution in [2.24, 2.45) is 0 Å². The second-order valence-electron chi connectivity index (χ2n) is 8.06. The Morgan fingerprint density at radius 1 is 0.846 bits per heavy atom. The third-order valence-electron chi connectivity index (χ3n) is 5.73. The first-order valence-corrected chi connectivity index (χ1v) is 10.5. The summed E-state index contributed by atoms with van der Waals surface area (Å²) in [4.78, 5) is 7.69. The number of hydrogen-bond donors (Lipinski definition) is 0. The maximum atomic E-state index is 3.36. The molecule has 0 saturated carbocycles. The van der Waals surface area contributed by atoms with Crippen molar-refractivity contribution in [3.05, 3.63) is 35.4 Å². The molecule has 3 heteroatoms. The highest BCUT2D eigenvalue weighted by molar-refractivity contribution is 5.36. The summed E-state index contributed by atoms with van der Waals surface area (Å²) in [6.45, 7) is 14.1. The van der Waals surface area contributed by atoms with Crippen LogP contribution in [0.1, 0.15) is 50.7 Å². The van der Waals surface area contributed by atoms with Crippen molar-refractivity contribution < 1.29 is 0 Å². The van der Waals surface area contributed by atoms with Gasteiger partial charge in [0.25, 0.3) is 0 Å². The predicted molar refractivity (Wildman–Crippen MR) is 110 cm³/mol. The molecule has 2 fully saturated rings. The van der Waals surface area contributed by atoms with Gasteiger partial charge in [0.05, 0.1) is 0 Å². The highest BCUT2D eigenvalue weighted by atomic mass is 15.3. The maximum Gasteiger partial charge on any atom is 0.0245 e. The number of rotatable bonds is 5. The molecule has 2 saturated heterocycles. The maximum absolute atomic E-state index is 3.36. The van der Waals surface area contributed by atoms with Gasteiger partial charge in [0.1, 0.15) is 0 Å². The third-order valence-corrected chi connectivity index (χ3v) is 5.73. The smallest absolute Gasteiger partial charge is 0.0245 e. The molecule has 2 aliphatic rings. The lowest BCUT2D eigenvalue weighted by atomic mass is 10.1. The molecule has 0 bridgehead atoms. The first-order chi connectivity index (χ1) is 12.7. The molecular formula is C23H35N3. The minimum Gasteiger partial charge on any atom is -0.302 e. The van der Waals surface area contributed by atoms with Crippen LogP contribution in [0.15, 0.2) is 24.3 Å². The molecule has 0 atom stereocenters. The molecule has 0 radical (unpaired) electrons. The molecular weight excluding hydrogens is 318 g/mol. The van der Waals surface area contributed by atoms with E-state index in [0.717, 1.165) is 25.1 Å². The van der Waals surface area contributed by atoms with Gasteiger partial charge in [-0.15, -0.1) is 0 Å². The van der Waals surface area contributed by atoms with Crippen molar-refractivity contribution in [3.63, 3.8) is 0 Å². The van der Waals surface area contributed by atoms with Crippen LogP contribution in [0.2, 0.25) is 0 Å². The fraction of sp³-hybridized carbons (Fsp3) is 0.652. The molecule has 0 amide bonds. The number of piperazine rings is 1. The zero-order chi connectivity index (χ0) is 18.2. The molecule has 0 aliphatic carbocycles. The summed E-state index contributed by atoms with van der Waals surface area (Å²) in [6, 6.07) is 9.55. The number of hydrogen-bond acceptors (Lipinski definition) is 3. The van der Waals surface area contributed by atoms with E-state index >= 15 is 0 Å². The van der Waals surface area contributed by atoms with E-state index in [1.54, 1.807) is 0 Å². The molecule has 0 unspecified atom stereocenters. The fourth-order valence-electron chi connectivity index (χ4n) is 3.95. The van der Waals surface area contributed by atoms with E-state index < -0.39 is 0 Å². The molecule has 0 spiro atoms. The molecule has 3 nitrogen and oxygen atoms in total. The number of likely N-dealkylation sites (tertiary alicyclic amines) is 1. The largest absolute Gasteiger partial charge is 0.302 e. The molecule has 2 aliphatic heterocycles. The van der Waals surface area contributed by atoms with Crippen LogP contribution < -0.4 is 0 Å². The van der Waals surface area contributed by atoms with Crippen LogP contribution in [0.4, 0.5) is 0 Å². The van der Waals surface area contributed by atoms with Crippen LogP contribution in [-0.2, 0) is 6.54 Å². The molecule has 1 aromatic rings. The highest BCUT2D eigenvalue weighted by Crippen LogP contribution is 2.12. The summed E-state index contributed by atoms with van der Waals surface area (Å²) >= 11 is 0. The van der Waals surface area contributed by atoms with E-state index in [2.05, 4.69) is 64.7 Å².